The molecule has 0 saturated heterocycles. The first kappa shape index (κ1) is 10.6. The van der Waals surface area contributed by atoms with E-state index < -0.39 is 0 Å². The lowest BCUT2D eigenvalue weighted by Crippen LogP contribution is -1.83. The molecule has 0 radical (unpaired) electrons. The minimum absolute atomic E-state index is 0.957. The van der Waals surface area contributed by atoms with Gasteiger partial charge in [0, 0.05) is 11.9 Å². The van der Waals surface area contributed by atoms with E-state index in [1.54, 1.807) is 6.20 Å². The van der Waals surface area contributed by atoms with E-state index in [4.69, 9.17) is 0 Å². The highest BCUT2D eigenvalue weighted by atomic mass is 14.7. The first-order chi connectivity index (χ1) is 6.77. The molecule has 0 unspecified atom stereocenters. The fourth-order valence-corrected chi connectivity index (χ4v) is 1.06. The minimum Gasteiger partial charge on any atom is -0.255 e. The van der Waals surface area contributed by atoms with Crippen LogP contribution in [0.15, 0.2) is 30.5 Å². The maximum Gasteiger partial charge on any atom is 0.0889 e. The molecule has 0 N–H and O–H groups in total. The van der Waals surface area contributed by atoms with Crippen molar-refractivity contribution in [3.8, 4) is 0 Å². The normalized spacial score (nSPS) is 9.36. The van der Waals surface area contributed by atoms with E-state index in [1.807, 2.05) is 31.2 Å². The highest BCUT2D eigenvalue weighted by molar-refractivity contribution is 5.73. The summed E-state index contributed by atoms with van der Waals surface area (Å²) in [6, 6.07) is 7.82. The smallest absolute Gasteiger partial charge is 0.0889 e. The third kappa shape index (κ3) is 2.80. The Hall–Kier alpha value is -1.44. The van der Waals surface area contributed by atoms with Gasteiger partial charge in [0.15, 0.2) is 0 Å². The molecule has 2 heteroatoms. The van der Waals surface area contributed by atoms with Gasteiger partial charge in [0.1, 0.15) is 0 Å². The van der Waals surface area contributed by atoms with Gasteiger partial charge >= 0.3 is 0 Å². The van der Waals surface area contributed by atoms with Gasteiger partial charge in [0.2, 0.25) is 0 Å². The Morgan fingerprint density at radius 1 is 1.07 bits per heavy atom. The molecule has 2 aromatic rings. The van der Waals surface area contributed by atoms with Gasteiger partial charge in [-0.3, -0.25) is 9.97 Å². The second kappa shape index (κ2) is 5.32. The van der Waals surface area contributed by atoms with Crippen molar-refractivity contribution in [3.05, 3.63) is 36.2 Å². The Morgan fingerprint density at radius 3 is 2.50 bits per heavy atom. The first-order valence-corrected chi connectivity index (χ1v) is 4.96. The molecular formula is C12H16N2. The Bertz CT molecular complexity index is 396. The van der Waals surface area contributed by atoms with Crippen LogP contribution in [0.3, 0.4) is 0 Å². The van der Waals surface area contributed by atoms with Crippen molar-refractivity contribution in [2.75, 3.05) is 0 Å². The average Bonchev–Trinajstić information content (AvgIpc) is 2.19. The van der Waals surface area contributed by atoms with E-state index in [0.717, 1.165) is 16.7 Å². The van der Waals surface area contributed by atoms with Crippen LogP contribution >= 0.6 is 0 Å². The number of hydrogen-bond acceptors (Lipinski definition) is 2. The second-order valence-corrected chi connectivity index (χ2v) is 3.20. The molecule has 2 nitrogen and oxygen atoms in total. The van der Waals surface area contributed by atoms with Gasteiger partial charge in [-0.15, -0.1) is 0 Å². The topological polar surface area (TPSA) is 25.8 Å². The molecule has 14 heavy (non-hydrogen) atoms. The number of aromatic nitrogens is 2. The number of fused-ring (bicyclic) bond motifs is 1. The summed E-state index contributed by atoms with van der Waals surface area (Å²) in [4.78, 5) is 8.47. The fourth-order valence-electron chi connectivity index (χ4n) is 1.06. The largest absolute Gasteiger partial charge is 0.255 e. The maximum absolute atomic E-state index is 4.31. The Kier molecular flexibility index (Phi) is 4.05. The van der Waals surface area contributed by atoms with Gasteiger partial charge in [0.25, 0.3) is 0 Å². The van der Waals surface area contributed by atoms with Crippen molar-refractivity contribution in [2.24, 2.45) is 0 Å². The molecule has 0 saturated carbocycles. The van der Waals surface area contributed by atoms with Crippen LogP contribution in [0.4, 0.5) is 0 Å². The van der Waals surface area contributed by atoms with Gasteiger partial charge in [-0.05, 0) is 31.2 Å². The number of nitrogens with zero attached hydrogens (tertiary/aromatic N) is 2. The van der Waals surface area contributed by atoms with Crippen LogP contribution < -0.4 is 0 Å². The predicted octanol–water partition coefficient (Wildman–Crippen LogP) is 3.35. The van der Waals surface area contributed by atoms with Crippen LogP contribution in [0.5, 0.6) is 0 Å². The molecule has 0 bridgehead atoms. The van der Waals surface area contributed by atoms with Gasteiger partial charge < -0.3 is 0 Å². The number of aryl methyl sites for hydroxylation is 1. The molecule has 2 aromatic heterocycles. The lowest BCUT2D eigenvalue weighted by atomic mass is 10.3. The molecule has 0 aliphatic heterocycles. The van der Waals surface area contributed by atoms with Crippen LogP contribution in [-0.2, 0) is 0 Å². The summed E-state index contributed by atoms with van der Waals surface area (Å²) in [6.07, 6.45) is 3.03. The molecule has 74 valence electrons. The maximum atomic E-state index is 4.31. The SMILES string of the molecule is CCC.Cc1ccc2ncccc2n1. The molecule has 0 atom stereocenters. The standard InChI is InChI=1S/C9H8N2.C3H8/c1-7-4-5-8-9(11-7)3-2-6-10-8;1-3-2/h2-6H,1H3;3H2,1-2H3. The van der Waals surface area contributed by atoms with Crippen molar-refractivity contribution < 1.29 is 0 Å². The summed E-state index contributed by atoms with van der Waals surface area (Å²) in [5.41, 5.74) is 2.95. The number of hydrogen-bond donors (Lipinski definition) is 0. The summed E-state index contributed by atoms with van der Waals surface area (Å²) in [6.45, 7) is 6.23. The number of rotatable bonds is 0. The summed E-state index contributed by atoms with van der Waals surface area (Å²) >= 11 is 0. The molecule has 0 aliphatic rings. The predicted molar refractivity (Wildman–Crippen MR) is 60.2 cm³/mol. The van der Waals surface area contributed by atoms with E-state index >= 15 is 0 Å². The zero-order valence-electron chi connectivity index (χ0n) is 8.99. The molecule has 0 amide bonds. The monoisotopic (exact) mass is 188 g/mol. The van der Waals surface area contributed by atoms with E-state index in [-0.39, 0.29) is 0 Å². The third-order valence-electron chi connectivity index (χ3n) is 1.60. The van der Waals surface area contributed by atoms with Crippen LogP contribution in [0.25, 0.3) is 11.0 Å². The van der Waals surface area contributed by atoms with Gasteiger partial charge in [-0.1, -0.05) is 20.3 Å². The molecule has 0 aromatic carbocycles. The van der Waals surface area contributed by atoms with E-state index in [2.05, 4.69) is 23.8 Å². The Morgan fingerprint density at radius 2 is 1.79 bits per heavy atom. The highest BCUT2D eigenvalue weighted by Gasteiger charge is 1.92. The average molecular weight is 188 g/mol. The van der Waals surface area contributed by atoms with Crippen LogP contribution in [0, 0.1) is 6.92 Å². The zero-order valence-corrected chi connectivity index (χ0v) is 8.99. The summed E-state index contributed by atoms with van der Waals surface area (Å²) in [5, 5.41) is 0. The molecule has 0 aliphatic carbocycles. The van der Waals surface area contributed by atoms with E-state index in [1.165, 1.54) is 6.42 Å². The van der Waals surface area contributed by atoms with Crippen molar-refractivity contribution in [2.45, 2.75) is 27.2 Å². The molecule has 2 rings (SSSR count). The van der Waals surface area contributed by atoms with Gasteiger partial charge in [-0.2, -0.15) is 0 Å². The molecular weight excluding hydrogens is 172 g/mol. The lowest BCUT2D eigenvalue weighted by Gasteiger charge is -1.95. The van der Waals surface area contributed by atoms with Crippen LogP contribution in [0.1, 0.15) is 26.0 Å². The lowest BCUT2D eigenvalue weighted by molar-refractivity contribution is 1.09. The third-order valence-corrected chi connectivity index (χ3v) is 1.60. The highest BCUT2D eigenvalue weighted by Crippen LogP contribution is 2.07. The quantitative estimate of drug-likeness (QED) is 0.633. The molecule has 0 fully saturated rings. The second-order valence-electron chi connectivity index (χ2n) is 3.20. The first-order valence-electron chi connectivity index (χ1n) is 4.96. The summed E-state index contributed by atoms with van der Waals surface area (Å²) < 4.78 is 0. The number of pyridine rings is 2. The summed E-state index contributed by atoms with van der Waals surface area (Å²) in [5.74, 6) is 0. The van der Waals surface area contributed by atoms with E-state index in [9.17, 15) is 0 Å². The zero-order chi connectivity index (χ0) is 10.4. The van der Waals surface area contributed by atoms with Gasteiger partial charge in [-0.25, -0.2) is 0 Å². The van der Waals surface area contributed by atoms with Crippen molar-refractivity contribution in [1.29, 1.82) is 0 Å². The molecule has 2 heterocycles. The van der Waals surface area contributed by atoms with Crippen LogP contribution in [-0.4, -0.2) is 9.97 Å². The fraction of sp³-hybridized carbons (Fsp3) is 0.333. The Labute approximate surface area is 85.0 Å². The van der Waals surface area contributed by atoms with Crippen molar-refractivity contribution in [1.82, 2.24) is 9.97 Å². The van der Waals surface area contributed by atoms with Crippen molar-refractivity contribution in [3.63, 3.8) is 0 Å². The minimum atomic E-state index is 0.957. The molecule has 0 spiro atoms. The van der Waals surface area contributed by atoms with Crippen molar-refractivity contribution >= 4 is 11.0 Å². The van der Waals surface area contributed by atoms with Gasteiger partial charge in [0.05, 0.1) is 11.0 Å². The summed E-state index contributed by atoms with van der Waals surface area (Å²) in [7, 11) is 0. The van der Waals surface area contributed by atoms with Crippen LogP contribution in [0.2, 0.25) is 0 Å². The Balaban J connectivity index is 0.000000293. The van der Waals surface area contributed by atoms with E-state index in [0.29, 0.717) is 0 Å².